The van der Waals surface area contributed by atoms with Crippen LogP contribution < -0.4 is 5.32 Å². The number of nitro benzene ring substituents is 1. The summed E-state index contributed by atoms with van der Waals surface area (Å²) in [4.78, 5) is 10.0. The maximum atomic E-state index is 12.0. The highest BCUT2D eigenvalue weighted by Crippen LogP contribution is 2.23. The van der Waals surface area contributed by atoms with Gasteiger partial charge < -0.3 is 10.4 Å². The van der Waals surface area contributed by atoms with E-state index in [9.17, 15) is 23.3 Å². The van der Waals surface area contributed by atoms with Crippen molar-refractivity contribution in [3.63, 3.8) is 0 Å². The highest BCUT2D eigenvalue weighted by molar-refractivity contribution is 6.30. The highest BCUT2D eigenvalue weighted by Gasteiger charge is 2.37. The molecule has 0 aliphatic rings. The zero-order valence-electron chi connectivity index (χ0n) is 9.45. The van der Waals surface area contributed by atoms with Gasteiger partial charge >= 0.3 is 6.18 Å². The van der Waals surface area contributed by atoms with Gasteiger partial charge in [-0.1, -0.05) is 11.6 Å². The van der Waals surface area contributed by atoms with E-state index in [0.717, 1.165) is 6.07 Å². The smallest absolute Gasteiger partial charge is 0.382 e. The molecule has 0 spiro atoms. The van der Waals surface area contributed by atoms with Crippen LogP contribution in [0.15, 0.2) is 18.2 Å². The molecule has 0 bridgehead atoms. The summed E-state index contributed by atoms with van der Waals surface area (Å²) < 4.78 is 36.1. The summed E-state index contributed by atoms with van der Waals surface area (Å²) in [6, 6.07) is 3.85. The molecule has 0 amide bonds. The minimum Gasteiger partial charge on any atom is -0.382 e. The molecule has 0 aliphatic carbocycles. The summed E-state index contributed by atoms with van der Waals surface area (Å²) >= 11 is 5.59. The third-order valence-corrected chi connectivity index (χ3v) is 2.51. The topological polar surface area (TPSA) is 75.4 Å². The van der Waals surface area contributed by atoms with E-state index in [-0.39, 0.29) is 22.8 Å². The molecular formula is C10H10ClF3N2O3. The molecule has 0 fully saturated rings. The first-order valence-electron chi connectivity index (χ1n) is 5.10. The molecule has 5 nitrogen and oxygen atoms in total. The normalized spacial score (nSPS) is 13.3. The minimum absolute atomic E-state index is 0.158. The number of aliphatic hydroxyl groups excluding tert-OH is 1. The van der Waals surface area contributed by atoms with E-state index in [1.807, 2.05) is 0 Å². The number of nitrogens with zero attached hydrogens (tertiary/aromatic N) is 1. The molecule has 1 aromatic rings. The quantitative estimate of drug-likeness (QED) is 0.646. The summed E-state index contributed by atoms with van der Waals surface area (Å²) in [7, 11) is 0. The SMILES string of the molecule is O=[N+]([O-])c1cc(Cl)ccc1CNCC(O)C(F)(F)F. The van der Waals surface area contributed by atoms with E-state index < -0.39 is 23.7 Å². The van der Waals surface area contributed by atoms with Crippen molar-refractivity contribution in [1.29, 1.82) is 0 Å². The average molecular weight is 299 g/mol. The molecule has 1 aromatic carbocycles. The van der Waals surface area contributed by atoms with Gasteiger partial charge in [0.2, 0.25) is 0 Å². The standard InChI is InChI=1S/C10H10ClF3N2O3/c11-7-2-1-6(8(3-7)16(18)19)4-15-5-9(17)10(12,13)14/h1-3,9,15,17H,4-5H2. The average Bonchev–Trinajstić information content (AvgIpc) is 2.29. The number of nitro groups is 1. The zero-order chi connectivity index (χ0) is 14.6. The summed E-state index contributed by atoms with van der Waals surface area (Å²) in [6.45, 7) is -0.927. The van der Waals surface area contributed by atoms with Crippen molar-refractivity contribution in [3.8, 4) is 0 Å². The molecule has 9 heteroatoms. The van der Waals surface area contributed by atoms with Crippen molar-refractivity contribution in [2.45, 2.75) is 18.8 Å². The number of hydrogen-bond acceptors (Lipinski definition) is 4. The van der Waals surface area contributed by atoms with Crippen LogP contribution in [0.5, 0.6) is 0 Å². The van der Waals surface area contributed by atoms with Crippen LogP contribution in [0.4, 0.5) is 18.9 Å². The molecule has 0 aromatic heterocycles. The molecule has 1 unspecified atom stereocenters. The monoisotopic (exact) mass is 298 g/mol. The van der Waals surface area contributed by atoms with Crippen LogP contribution in [0.2, 0.25) is 5.02 Å². The summed E-state index contributed by atoms with van der Waals surface area (Å²) in [5.41, 5.74) is -0.106. The van der Waals surface area contributed by atoms with E-state index in [2.05, 4.69) is 5.32 Å². The van der Waals surface area contributed by atoms with Crippen molar-refractivity contribution < 1.29 is 23.2 Å². The van der Waals surface area contributed by atoms with E-state index in [0.29, 0.717) is 0 Å². The van der Waals surface area contributed by atoms with Crippen LogP contribution in [-0.4, -0.2) is 28.9 Å². The first-order chi connectivity index (χ1) is 8.71. The second kappa shape index (κ2) is 6.18. The Morgan fingerprint density at radius 2 is 2.11 bits per heavy atom. The fourth-order valence-corrected chi connectivity index (χ4v) is 1.48. The molecule has 1 atom stereocenters. The van der Waals surface area contributed by atoms with Crippen LogP contribution in [0.25, 0.3) is 0 Å². The molecule has 0 heterocycles. The van der Waals surface area contributed by atoms with E-state index >= 15 is 0 Å². The van der Waals surface area contributed by atoms with Crippen LogP contribution in [0.3, 0.4) is 0 Å². The lowest BCUT2D eigenvalue weighted by Gasteiger charge is -2.15. The first kappa shape index (κ1) is 15.7. The van der Waals surface area contributed by atoms with Gasteiger partial charge in [-0.3, -0.25) is 10.1 Å². The van der Waals surface area contributed by atoms with E-state index in [1.54, 1.807) is 0 Å². The fraction of sp³-hybridized carbons (Fsp3) is 0.400. The summed E-state index contributed by atoms with van der Waals surface area (Å²) in [5, 5.41) is 21.9. The van der Waals surface area contributed by atoms with Crippen molar-refractivity contribution in [2.75, 3.05) is 6.54 Å². The predicted octanol–water partition coefficient (Wildman–Crippen LogP) is 2.26. The lowest BCUT2D eigenvalue weighted by molar-refractivity contribution is -0.385. The number of halogens is 4. The summed E-state index contributed by atoms with van der Waals surface area (Å²) in [5.74, 6) is 0. The summed E-state index contributed by atoms with van der Waals surface area (Å²) in [6.07, 6.45) is -7.24. The minimum atomic E-state index is -4.72. The van der Waals surface area contributed by atoms with Gasteiger partial charge in [0.25, 0.3) is 5.69 Å². The van der Waals surface area contributed by atoms with Crippen LogP contribution in [-0.2, 0) is 6.54 Å². The number of hydrogen-bond donors (Lipinski definition) is 2. The highest BCUT2D eigenvalue weighted by atomic mass is 35.5. The van der Waals surface area contributed by atoms with Gasteiger partial charge in [0.15, 0.2) is 6.10 Å². The van der Waals surface area contributed by atoms with Gasteiger partial charge in [0.05, 0.1) is 4.92 Å². The zero-order valence-corrected chi connectivity index (χ0v) is 10.2. The predicted molar refractivity (Wildman–Crippen MR) is 61.9 cm³/mol. The number of aliphatic hydroxyl groups is 1. The molecule has 0 radical (unpaired) electrons. The Kier molecular flexibility index (Phi) is 5.10. The third kappa shape index (κ3) is 4.66. The van der Waals surface area contributed by atoms with Crippen LogP contribution >= 0.6 is 11.6 Å². The van der Waals surface area contributed by atoms with Gasteiger partial charge in [-0.05, 0) is 12.1 Å². The van der Waals surface area contributed by atoms with Crippen LogP contribution in [0.1, 0.15) is 5.56 Å². The second-order valence-corrected chi connectivity index (χ2v) is 4.15. The van der Waals surface area contributed by atoms with E-state index in [1.165, 1.54) is 12.1 Å². The molecule has 2 N–H and O–H groups in total. The van der Waals surface area contributed by atoms with Crippen LogP contribution in [0, 0.1) is 10.1 Å². The van der Waals surface area contributed by atoms with Gasteiger partial charge in [0, 0.05) is 29.7 Å². The maximum Gasteiger partial charge on any atom is 0.415 e. The van der Waals surface area contributed by atoms with Crippen molar-refractivity contribution in [3.05, 3.63) is 38.9 Å². The first-order valence-corrected chi connectivity index (χ1v) is 5.48. The van der Waals surface area contributed by atoms with Gasteiger partial charge in [-0.25, -0.2) is 0 Å². The molecule has 106 valence electrons. The Hall–Kier alpha value is -1.38. The Balaban J connectivity index is 2.66. The lowest BCUT2D eigenvalue weighted by Crippen LogP contribution is -2.38. The number of alkyl halides is 3. The largest absolute Gasteiger partial charge is 0.415 e. The maximum absolute atomic E-state index is 12.0. The second-order valence-electron chi connectivity index (χ2n) is 3.72. The lowest BCUT2D eigenvalue weighted by atomic mass is 10.2. The van der Waals surface area contributed by atoms with Gasteiger partial charge in [0.1, 0.15) is 0 Å². The Morgan fingerprint density at radius 1 is 1.47 bits per heavy atom. The molecule has 1 rings (SSSR count). The van der Waals surface area contributed by atoms with Crippen molar-refractivity contribution >= 4 is 17.3 Å². The van der Waals surface area contributed by atoms with Gasteiger partial charge in [-0.15, -0.1) is 0 Å². The van der Waals surface area contributed by atoms with Crippen molar-refractivity contribution in [1.82, 2.24) is 5.32 Å². The number of benzene rings is 1. The Morgan fingerprint density at radius 3 is 2.63 bits per heavy atom. The van der Waals surface area contributed by atoms with Gasteiger partial charge in [-0.2, -0.15) is 13.2 Å². The Bertz CT molecular complexity index is 468. The molecule has 0 saturated carbocycles. The fourth-order valence-electron chi connectivity index (χ4n) is 1.32. The Labute approximate surface area is 111 Å². The van der Waals surface area contributed by atoms with E-state index in [4.69, 9.17) is 16.7 Å². The molecule has 19 heavy (non-hydrogen) atoms. The molecule has 0 saturated heterocycles. The third-order valence-electron chi connectivity index (χ3n) is 2.28. The number of nitrogens with one attached hydrogen (secondary N) is 1. The van der Waals surface area contributed by atoms with Crippen molar-refractivity contribution in [2.24, 2.45) is 0 Å². The number of rotatable bonds is 5. The molecular weight excluding hydrogens is 289 g/mol. The molecule has 0 aliphatic heterocycles.